The van der Waals surface area contributed by atoms with Gasteiger partial charge in [-0.3, -0.25) is 4.79 Å². The van der Waals surface area contributed by atoms with Crippen molar-refractivity contribution in [3.8, 4) is 5.69 Å². The number of carbonyl (C=O) groups excluding carboxylic acids is 1. The Hall–Kier alpha value is -3.50. The Kier molecular flexibility index (Phi) is 5.47. The molecule has 158 valence electrons. The van der Waals surface area contributed by atoms with E-state index >= 15 is 0 Å². The first-order valence-electron chi connectivity index (χ1n) is 8.33. The number of halogens is 6. The first-order chi connectivity index (χ1) is 13.9. The number of benzene rings is 1. The van der Waals surface area contributed by atoms with Gasteiger partial charge in [-0.25, -0.2) is 4.68 Å². The summed E-state index contributed by atoms with van der Waals surface area (Å²) >= 11 is 0. The van der Waals surface area contributed by atoms with Gasteiger partial charge < -0.3 is 9.73 Å². The molecule has 1 N–H and O–H groups in total. The number of aryl methyl sites for hydroxylation is 1. The van der Waals surface area contributed by atoms with Gasteiger partial charge in [0.05, 0.1) is 40.7 Å². The van der Waals surface area contributed by atoms with E-state index in [1.165, 1.54) is 19.3 Å². The van der Waals surface area contributed by atoms with Crippen LogP contribution in [0, 0.1) is 6.92 Å². The monoisotopic (exact) mass is 429 g/mol. The Morgan fingerprint density at radius 1 is 1.13 bits per heavy atom. The number of hydrogen-bond acceptors (Lipinski definition) is 3. The minimum atomic E-state index is -5.05. The third-order valence-corrected chi connectivity index (χ3v) is 3.98. The van der Waals surface area contributed by atoms with Gasteiger partial charge in [-0.15, -0.1) is 0 Å². The third kappa shape index (κ3) is 4.73. The first-order valence-corrected chi connectivity index (χ1v) is 8.33. The smallest absolute Gasteiger partial charge is 0.418 e. The third-order valence-electron chi connectivity index (χ3n) is 3.98. The summed E-state index contributed by atoms with van der Waals surface area (Å²) in [4.78, 5) is 12.0. The summed E-state index contributed by atoms with van der Waals surface area (Å²) in [5, 5.41) is 6.33. The first kappa shape index (κ1) is 21.2. The zero-order valence-corrected chi connectivity index (χ0v) is 15.2. The number of rotatable bonds is 4. The van der Waals surface area contributed by atoms with Gasteiger partial charge in [0.2, 0.25) is 5.91 Å². The predicted octanol–water partition coefficient (Wildman–Crippen LogP) is 5.46. The fourth-order valence-corrected chi connectivity index (χ4v) is 2.56. The number of nitrogens with one attached hydrogen (secondary N) is 1. The van der Waals surface area contributed by atoms with Crippen molar-refractivity contribution >= 4 is 17.7 Å². The van der Waals surface area contributed by atoms with Crippen molar-refractivity contribution in [3.63, 3.8) is 0 Å². The van der Waals surface area contributed by atoms with Crippen LogP contribution in [0.2, 0.25) is 0 Å². The van der Waals surface area contributed by atoms with Crippen LogP contribution in [0.3, 0.4) is 0 Å². The van der Waals surface area contributed by atoms with Gasteiger partial charge >= 0.3 is 12.4 Å². The molecule has 0 saturated heterocycles. The normalized spacial score (nSPS) is 12.5. The molecule has 0 aliphatic heterocycles. The van der Waals surface area contributed by atoms with Crippen LogP contribution in [0.4, 0.5) is 32.0 Å². The Morgan fingerprint density at radius 3 is 2.47 bits per heavy atom. The number of alkyl halides is 6. The lowest BCUT2D eigenvalue weighted by molar-refractivity contribution is -0.143. The minimum absolute atomic E-state index is 0.0245. The summed E-state index contributed by atoms with van der Waals surface area (Å²) in [6, 6.07) is 4.47. The minimum Gasteiger partial charge on any atom is -0.465 e. The molecule has 0 aliphatic rings. The lowest BCUT2D eigenvalue weighted by Gasteiger charge is -2.15. The van der Waals surface area contributed by atoms with Crippen LogP contribution >= 0.6 is 0 Å². The van der Waals surface area contributed by atoms with Gasteiger partial charge in [-0.05, 0) is 43.3 Å². The van der Waals surface area contributed by atoms with Crippen molar-refractivity contribution in [2.45, 2.75) is 19.3 Å². The highest BCUT2D eigenvalue weighted by Crippen LogP contribution is 2.38. The molecule has 0 radical (unpaired) electrons. The molecule has 0 spiro atoms. The van der Waals surface area contributed by atoms with E-state index in [4.69, 9.17) is 4.42 Å². The number of furan rings is 1. The van der Waals surface area contributed by atoms with Crippen molar-refractivity contribution in [2.75, 3.05) is 5.32 Å². The zero-order chi connectivity index (χ0) is 22.1. The van der Waals surface area contributed by atoms with Crippen LogP contribution in [-0.2, 0) is 17.1 Å². The van der Waals surface area contributed by atoms with Crippen LogP contribution in [0.15, 0.2) is 53.3 Å². The molecule has 2 aromatic heterocycles. The Morgan fingerprint density at radius 2 is 1.87 bits per heavy atom. The molecule has 0 bridgehead atoms. The highest BCUT2D eigenvalue weighted by atomic mass is 19.4. The summed E-state index contributed by atoms with van der Waals surface area (Å²) in [5.74, 6) is -0.186. The van der Waals surface area contributed by atoms with E-state index in [-0.39, 0.29) is 17.4 Å². The summed E-state index contributed by atoms with van der Waals surface area (Å²) in [5.41, 5.74) is -3.28. The van der Waals surface area contributed by atoms with Crippen LogP contribution in [0.1, 0.15) is 22.6 Å². The molecule has 1 aromatic carbocycles. The fraction of sp³-hybridized carbons (Fsp3) is 0.158. The predicted molar refractivity (Wildman–Crippen MR) is 94.7 cm³/mol. The Labute approximate surface area is 165 Å². The molecule has 0 fully saturated rings. The standard InChI is InChI=1S/C19H13F6N3O2/c1-11-15(26-17(29)7-5-13-3-2-8-30-13)10-28(27-11)16-6-4-12(18(20,21)22)9-14(16)19(23,24)25/h2-10H,1H3,(H,26,29)/b7-5-. The number of amides is 1. The topological polar surface area (TPSA) is 60.1 Å². The number of nitrogens with zero attached hydrogens (tertiary/aromatic N) is 2. The van der Waals surface area contributed by atoms with E-state index in [9.17, 15) is 31.1 Å². The van der Waals surface area contributed by atoms with Crippen LogP contribution < -0.4 is 5.32 Å². The average molecular weight is 429 g/mol. The van der Waals surface area contributed by atoms with Crippen LogP contribution in [0.5, 0.6) is 0 Å². The van der Waals surface area contributed by atoms with Gasteiger partial charge in [0.15, 0.2) is 0 Å². The Bertz CT molecular complexity index is 1080. The van der Waals surface area contributed by atoms with E-state index < -0.39 is 35.1 Å². The summed E-state index contributed by atoms with van der Waals surface area (Å²) in [6.07, 6.45) is -4.95. The lowest BCUT2D eigenvalue weighted by atomic mass is 10.1. The second-order valence-corrected chi connectivity index (χ2v) is 6.14. The van der Waals surface area contributed by atoms with Gasteiger partial charge in [0.1, 0.15) is 5.76 Å². The number of hydrogen-bond donors (Lipinski definition) is 1. The van der Waals surface area contributed by atoms with Gasteiger partial charge in [0.25, 0.3) is 0 Å². The molecule has 3 rings (SSSR count). The van der Waals surface area contributed by atoms with Crippen molar-refractivity contribution in [1.29, 1.82) is 0 Å². The largest absolute Gasteiger partial charge is 0.465 e. The molecule has 3 aromatic rings. The van der Waals surface area contributed by atoms with Gasteiger partial charge in [-0.1, -0.05) is 0 Å². The summed E-state index contributed by atoms with van der Waals surface area (Å²) in [6.45, 7) is 1.43. The van der Waals surface area contributed by atoms with Gasteiger partial charge in [0, 0.05) is 6.08 Å². The molecular formula is C19H13F6N3O2. The number of carbonyl (C=O) groups is 1. The Balaban J connectivity index is 1.91. The van der Waals surface area contributed by atoms with Crippen molar-refractivity contribution < 1.29 is 35.6 Å². The summed E-state index contributed by atoms with van der Waals surface area (Å²) < 4.78 is 84.3. The molecule has 11 heteroatoms. The lowest BCUT2D eigenvalue weighted by Crippen LogP contribution is -2.14. The van der Waals surface area contributed by atoms with Crippen LogP contribution in [-0.4, -0.2) is 15.7 Å². The molecule has 5 nitrogen and oxygen atoms in total. The van der Waals surface area contributed by atoms with E-state index in [1.54, 1.807) is 12.1 Å². The molecule has 0 aliphatic carbocycles. The highest BCUT2D eigenvalue weighted by Gasteiger charge is 2.38. The average Bonchev–Trinajstić information content (AvgIpc) is 3.28. The number of aromatic nitrogens is 2. The van der Waals surface area contributed by atoms with E-state index in [0.29, 0.717) is 17.9 Å². The quantitative estimate of drug-likeness (QED) is 0.442. The SMILES string of the molecule is Cc1nn(-c2ccc(C(F)(F)F)cc2C(F)(F)F)cc1NC(=O)/C=C\c1ccco1. The number of anilines is 1. The molecule has 0 unspecified atom stereocenters. The molecular weight excluding hydrogens is 416 g/mol. The zero-order valence-electron chi connectivity index (χ0n) is 15.2. The molecule has 0 saturated carbocycles. The second-order valence-electron chi connectivity index (χ2n) is 6.14. The van der Waals surface area contributed by atoms with Crippen molar-refractivity contribution in [2.24, 2.45) is 0 Å². The van der Waals surface area contributed by atoms with Gasteiger partial charge in [-0.2, -0.15) is 31.4 Å². The maximum atomic E-state index is 13.4. The van der Waals surface area contributed by atoms with Crippen molar-refractivity contribution in [3.05, 3.63) is 71.4 Å². The second kappa shape index (κ2) is 7.73. The van der Waals surface area contributed by atoms with E-state index in [2.05, 4.69) is 10.4 Å². The maximum absolute atomic E-state index is 13.4. The molecule has 2 heterocycles. The molecule has 0 atom stereocenters. The van der Waals surface area contributed by atoms with Crippen molar-refractivity contribution in [1.82, 2.24) is 9.78 Å². The molecule has 1 amide bonds. The molecule has 30 heavy (non-hydrogen) atoms. The van der Waals surface area contributed by atoms with Crippen LogP contribution in [0.25, 0.3) is 11.8 Å². The highest BCUT2D eigenvalue weighted by molar-refractivity contribution is 6.02. The maximum Gasteiger partial charge on any atom is 0.418 e. The van der Waals surface area contributed by atoms with E-state index in [0.717, 1.165) is 17.0 Å². The summed E-state index contributed by atoms with van der Waals surface area (Å²) in [7, 11) is 0. The van der Waals surface area contributed by atoms with E-state index in [1.807, 2.05) is 0 Å². The fourth-order valence-electron chi connectivity index (χ4n) is 2.56.